The number of ether oxygens (including phenoxy) is 2. The maximum absolute atomic E-state index is 12.7. The molecule has 0 bridgehead atoms. The Morgan fingerprint density at radius 1 is 0.906 bits per heavy atom. The molecule has 0 saturated carbocycles. The molecule has 3 aromatic rings. The van der Waals surface area contributed by atoms with Gasteiger partial charge >= 0.3 is 0 Å². The van der Waals surface area contributed by atoms with Crippen molar-refractivity contribution in [3.05, 3.63) is 95.6 Å². The number of aliphatic hydroxyl groups is 1. The zero-order valence-electron chi connectivity index (χ0n) is 19.0. The Hall–Kier alpha value is -2.82. The molecule has 4 heteroatoms. The fraction of sp³-hybridized carbons (Fsp3) is 0.357. The summed E-state index contributed by atoms with van der Waals surface area (Å²) in [4.78, 5) is 2.46. The lowest BCUT2D eigenvalue weighted by molar-refractivity contribution is 0.0344. The smallest absolute Gasteiger partial charge is 0.126 e. The number of nitrogens with zero attached hydrogens (tertiary/aromatic N) is 1. The Morgan fingerprint density at radius 3 is 2.22 bits per heavy atom. The van der Waals surface area contributed by atoms with Gasteiger partial charge in [0.25, 0.3) is 0 Å². The van der Waals surface area contributed by atoms with E-state index < -0.39 is 5.60 Å². The quantitative estimate of drug-likeness (QED) is 0.505. The van der Waals surface area contributed by atoms with Gasteiger partial charge in [-0.3, -0.25) is 0 Å². The van der Waals surface area contributed by atoms with Gasteiger partial charge in [-0.05, 0) is 62.2 Å². The Labute approximate surface area is 191 Å². The standard InChI is InChI=1S/C28H33NO3/c1-3-32-24-17-15-23(16-18-24)28(30,25-13-7-8-14-27(25)31-2)26(21-29-19-9-10-20-29)22-11-5-4-6-12-22/h4-8,11-18,26,30H,3,9-10,19-21H2,1-2H3/t26-,28-/m1/s1. The molecular formula is C28H33NO3. The zero-order valence-corrected chi connectivity index (χ0v) is 19.0. The van der Waals surface area contributed by atoms with Crippen LogP contribution in [0.1, 0.15) is 42.4 Å². The monoisotopic (exact) mass is 431 g/mol. The van der Waals surface area contributed by atoms with Crippen LogP contribution >= 0.6 is 0 Å². The molecule has 1 aliphatic rings. The predicted octanol–water partition coefficient (Wildman–Crippen LogP) is 5.21. The van der Waals surface area contributed by atoms with Crippen LogP contribution in [0.2, 0.25) is 0 Å². The van der Waals surface area contributed by atoms with Crippen LogP contribution in [0.25, 0.3) is 0 Å². The molecule has 2 atom stereocenters. The van der Waals surface area contributed by atoms with Gasteiger partial charge in [0.2, 0.25) is 0 Å². The van der Waals surface area contributed by atoms with Gasteiger partial charge in [-0.1, -0.05) is 60.7 Å². The van der Waals surface area contributed by atoms with E-state index in [1.165, 1.54) is 12.8 Å². The summed E-state index contributed by atoms with van der Waals surface area (Å²) >= 11 is 0. The van der Waals surface area contributed by atoms with Gasteiger partial charge in [-0.2, -0.15) is 0 Å². The molecule has 168 valence electrons. The summed E-state index contributed by atoms with van der Waals surface area (Å²) in [5, 5.41) is 12.7. The molecule has 1 aliphatic heterocycles. The SMILES string of the molecule is CCOc1ccc([C@@](O)(c2ccccc2OC)[C@H](CN2CCCC2)c2ccccc2)cc1. The average molecular weight is 432 g/mol. The van der Waals surface area contributed by atoms with Crippen molar-refractivity contribution in [1.29, 1.82) is 0 Å². The fourth-order valence-electron chi connectivity index (χ4n) is 4.86. The third-order valence-electron chi connectivity index (χ3n) is 6.47. The van der Waals surface area contributed by atoms with Crippen LogP contribution in [0.15, 0.2) is 78.9 Å². The third-order valence-corrected chi connectivity index (χ3v) is 6.47. The van der Waals surface area contributed by atoms with E-state index >= 15 is 0 Å². The molecule has 3 aromatic carbocycles. The number of methoxy groups -OCH3 is 1. The topological polar surface area (TPSA) is 41.9 Å². The van der Waals surface area contributed by atoms with E-state index in [4.69, 9.17) is 9.47 Å². The molecule has 1 saturated heterocycles. The Bertz CT molecular complexity index is 983. The molecule has 0 spiro atoms. The summed E-state index contributed by atoms with van der Waals surface area (Å²) in [7, 11) is 1.66. The molecule has 4 rings (SSSR count). The minimum Gasteiger partial charge on any atom is -0.496 e. The van der Waals surface area contributed by atoms with E-state index in [0.29, 0.717) is 12.4 Å². The first-order valence-corrected chi connectivity index (χ1v) is 11.5. The lowest BCUT2D eigenvalue weighted by Gasteiger charge is -2.40. The van der Waals surface area contributed by atoms with Crippen LogP contribution in [0.3, 0.4) is 0 Å². The second-order valence-electron chi connectivity index (χ2n) is 8.40. The van der Waals surface area contributed by atoms with Crippen LogP contribution in [0, 0.1) is 0 Å². The van der Waals surface area contributed by atoms with Crippen molar-refractivity contribution >= 4 is 0 Å². The molecule has 1 heterocycles. The highest BCUT2D eigenvalue weighted by Crippen LogP contribution is 2.46. The van der Waals surface area contributed by atoms with Gasteiger partial charge in [0.05, 0.1) is 13.7 Å². The zero-order chi connectivity index (χ0) is 22.4. The first kappa shape index (κ1) is 22.4. The largest absolute Gasteiger partial charge is 0.496 e. The molecule has 0 unspecified atom stereocenters. The molecule has 1 fully saturated rings. The van der Waals surface area contributed by atoms with E-state index in [2.05, 4.69) is 17.0 Å². The second-order valence-corrected chi connectivity index (χ2v) is 8.40. The highest BCUT2D eigenvalue weighted by atomic mass is 16.5. The Morgan fingerprint density at radius 2 is 1.56 bits per heavy atom. The first-order valence-electron chi connectivity index (χ1n) is 11.5. The summed E-state index contributed by atoms with van der Waals surface area (Å²) in [5.74, 6) is 1.32. The van der Waals surface area contributed by atoms with Crippen LogP contribution in [0.5, 0.6) is 11.5 Å². The van der Waals surface area contributed by atoms with Crippen molar-refractivity contribution in [2.24, 2.45) is 0 Å². The maximum Gasteiger partial charge on any atom is 0.126 e. The lowest BCUT2D eigenvalue weighted by Crippen LogP contribution is -2.41. The maximum atomic E-state index is 12.7. The van der Waals surface area contributed by atoms with Crippen LogP contribution in [0.4, 0.5) is 0 Å². The van der Waals surface area contributed by atoms with Gasteiger partial charge in [0.1, 0.15) is 17.1 Å². The molecule has 32 heavy (non-hydrogen) atoms. The summed E-state index contributed by atoms with van der Waals surface area (Å²) in [6.45, 7) is 5.48. The predicted molar refractivity (Wildman–Crippen MR) is 128 cm³/mol. The van der Waals surface area contributed by atoms with E-state index in [1.807, 2.05) is 73.7 Å². The van der Waals surface area contributed by atoms with Crippen molar-refractivity contribution in [3.8, 4) is 11.5 Å². The van der Waals surface area contributed by atoms with Gasteiger partial charge in [0, 0.05) is 18.0 Å². The highest BCUT2D eigenvalue weighted by Gasteiger charge is 2.44. The highest BCUT2D eigenvalue weighted by molar-refractivity contribution is 5.49. The van der Waals surface area contributed by atoms with Crippen molar-refractivity contribution in [3.63, 3.8) is 0 Å². The second kappa shape index (κ2) is 10.2. The number of rotatable bonds is 9. The normalized spacial score (nSPS) is 17.0. The fourth-order valence-corrected chi connectivity index (χ4v) is 4.86. The van der Waals surface area contributed by atoms with Crippen LogP contribution < -0.4 is 9.47 Å². The summed E-state index contributed by atoms with van der Waals surface area (Å²) in [6, 6.07) is 26.0. The van der Waals surface area contributed by atoms with E-state index in [-0.39, 0.29) is 5.92 Å². The van der Waals surface area contributed by atoms with E-state index in [1.54, 1.807) is 7.11 Å². The number of hydrogen-bond acceptors (Lipinski definition) is 4. The van der Waals surface area contributed by atoms with E-state index in [0.717, 1.165) is 42.1 Å². The number of benzene rings is 3. The minimum absolute atomic E-state index is 0.170. The minimum atomic E-state index is -1.28. The molecule has 1 N–H and O–H groups in total. The third kappa shape index (κ3) is 4.52. The van der Waals surface area contributed by atoms with Crippen molar-refractivity contribution in [1.82, 2.24) is 4.90 Å². The molecule has 0 radical (unpaired) electrons. The Kier molecular flexibility index (Phi) is 7.13. The number of hydrogen-bond donors (Lipinski definition) is 1. The summed E-state index contributed by atoms with van der Waals surface area (Å²) < 4.78 is 11.4. The van der Waals surface area contributed by atoms with Crippen LogP contribution in [-0.2, 0) is 5.60 Å². The first-order chi connectivity index (χ1) is 15.7. The number of likely N-dealkylation sites (tertiary alicyclic amines) is 1. The Balaban J connectivity index is 1.89. The van der Waals surface area contributed by atoms with Crippen molar-refractivity contribution in [2.45, 2.75) is 31.3 Å². The lowest BCUT2D eigenvalue weighted by atomic mass is 9.72. The van der Waals surface area contributed by atoms with Crippen LogP contribution in [-0.4, -0.2) is 43.4 Å². The average Bonchev–Trinajstić information content (AvgIpc) is 3.37. The van der Waals surface area contributed by atoms with Gasteiger partial charge < -0.3 is 19.5 Å². The number of para-hydroxylation sites is 1. The van der Waals surface area contributed by atoms with Gasteiger partial charge in [-0.15, -0.1) is 0 Å². The van der Waals surface area contributed by atoms with Gasteiger partial charge in [0.15, 0.2) is 0 Å². The van der Waals surface area contributed by atoms with E-state index in [9.17, 15) is 5.11 Å². The molecule has 0 amide bonds. The van der Waals surface area contributed by atoms with Crippen molar-refractivity contribution in [2.75, 3.05) is 33.4 Å². The summed E-state index contributed by atoms with van der Waals surface area (Å²) in [5.41, 5.74) is 1.45. The summed E-state index contributed by atoms with van der Waals surface area (Å²) in [6.07, 6.45) is 2.41. The molecule has 0 aromatic heterocycles. The van der Waals surface area contributed by atoms with Crippen molar-refractivity contribution < 1.29 is 14.6 Å². The van der Waals surface area contributed by atoms with Gasteiger partial charge in [-0.25, -0.2) is 0 Å². The molecular weight excluding hydrogens is 398 g/mol. The molecule has 4 nitrogen and oxygen atoms in total. The molecule has 0 aliphatic carbocycles.